The molecule has 1 aromatic carbocycles. The molecule has 0 heterocycles. The number of ether oxygens (including phenoxy) is 1. The van der Waals surface area contributed by atoms with Crippen LogP contribution in [0, 0.1) is 5.82 Å². The number of rotatable bonds is 6. The van der Waals surface area contributed by atoms with Crippen molar-refractivity contribution >= 4 is 17.5 Å². The summed E-state index contributed by atoms with van der Waals surface area (Å²) in [6, 6.07) is 4.22. The summed E-state index contributed by atoms with van der Waals surface area (Å²) in [4.78, 5) is 13.5. The Kier molecular flexibility index (Phi) is 6.25. The van der Waals surface area contributed by atoms with Crippen LogP contribution in [0.15, 0.2) is 18.2 Å². The number of halogens is 2. The maximum atomic E-state index is 13.6. The third-order valence-electron chi connectivity index (χ3n) is 2.61. The van der Waals surface area contributed by atoms with Gasteiger partial charge < -0.3 is 9.64 Å². The Morgan fingerprint density at radius 2 is 2.16 bits per heavy atom. The van der Waals surface area contributed by atoms with Crippen LogP contribution in [0.25, 0.3) is 0 Å². The normalized spacial score (nSPS) is 10.8. The zero-order chi connectivity index (χ0) is 14.4. The van der Waals surface area contributed by atoms with Crippen molar-refractivity contribution in [2.24, 2.45) is 0 Å². The highest BCUT2D eigenvalue weighted by molar-refractivity contribution is 6.33. The van der Waals surface area contributed by atoms with E-state index in [4.69, 9.17) is 16.3 Å². The van der Waals surface area contributed by atoms with Crippen molar-refractivity contribution in [1.29, 1.82) is 0 Å². The van der Waals surface area contributed by atoms with Gasteiger partial charge in [-0.05, 0) is 32.4 Å². The van der Waals surface area contributed by atoms with Crippen LogP contribution in [0.1, 0.15) is 30.6 Å². The molecule has 3 nitrogen and oxygen atoms in total. The molecule has 0 fully saturated rings. The van der Waals surface area contributed by atoms with Crippen LogP contribution in [-0.2, 0) is 4.74 Å². The molecule has 0 spiro atoms. The Morgan fingerprint density at radius 1 is 1.47 bits per heavy atom. The molecule has 0 aliphatic rings. The third-order valence-corrected chi connectivity index (χ3v) is 2.93. The second-order valence-corrected chi connectivity index (χ2v) is 5.00. The number of nitrogens with zero attached hydrogens (tertiary/aromatic N) is 1. The molecule has 0 aliphatic carbocycles. The van der Waals surface area contributed by atoms with E-state index < -0.39 is 11.7 Å². The topological polar surface area (TPSA) is 29.5 Å². The summed E-state index contributed by atoms with van der Waals surface area (Å²) < 4.78 is 19.0. The average Bonchev–Trinajstić information content (AvgIpc) is 2.33. The first-order valence-electron chi connectivity index (χ1n) is 6.24. The molecule has 1 amide bonds. The summed E-state index contributed by atoms with van der Waals surface area (Å²) in [5, 5.41) is 0.135. The van der Waals surface area contributed by atoms with Crippen molar-refractivity contribution in [3.8, 4) is 0 Å². The molecule has 1 aromatic rings. The van der Waals surface area contributed by atoms with Gasteiger partial charge in [0.05, 0.1) is 16.7 Å². The van der Waals surface area contributed by atoms with Crippen LogP contribution in [0.3, 0.4) is 0 Å². The van der Waals surface area contributed by atoms with Crippen LogP contribution in [0.2, 0.25) is 5.02 Å². The molecule has 19 heavy (non-hydrogen) atoms. The van der Waals surface area contributed by atoms with Gasteiger partial charge in [-0.1, -0.05) is 17.7 Å². The smallest absolute Gasteiger partial charge is 0.258 e. The van der Waals surface area contributed by atoms with Gasteiger partial charge in [0.1, 0.15) is 5.82 Å². The van der Waals surface area contributed by atoms with E-state index in [1.165, 1.54) is 23.1 Å². The first kappa shape index (κ1) is 15.9. The van der Waals surface area contributed by atoms with E-state index in [9.17, 15) is 9.18 Å². The van der Waals surface area contributed by atoms with Crippen molar-refractivity contribution < 1.29 is 13.9 Å². The van der Waals surface area contributed by atoms with E-state index in [2.05, 4.69) is 0 Å². The fourth-order valence-corrected chi connectivity index (χ4v) is 1.86. The Balaban J connectivity index is 2.57. The molecule has 106 valence electrons. The summed E-state index contributed by atoms with van der Waals surface area (Å²) in [6.07, 6.45) is 0.869. The number of hydrogen-bond acceptors (Lipinski definition) is 2. The summed E-state index contributed by atoms with van der Waals surface area (Å²) in [7, 11) is 1.63. The molecular weight excluding hydrogens is 269 g/mol. The van der Waals surface area contributed by atoms with Crippen LogP contribution >= 0.6 is 11.6 Å². The molecule has 0 radical (unpaired) electrons. The minimum absolute atomic E-state index is 0.0727. The fourth-order valence-electron chi connectivity index (χ4n) is 1.62. The number of carbonyl (C=O) groups excluding carboxylic acids is 1. The van der Waals surface area contributed by atoms with Gasteiger partial charge in [-0.15, -0.1) is 0 Å². The molecule has 0 unspecified atom stereocenters. The summed E-state index contributed by atoms with van der Waals surface area (Å²) in [5.41, 5.74) is -0.0727. The first-order chi connectivity index (χ1) is 8.93. The molecule has 0 N–H and O–H groups in total. The van der Waals surface area contributed by atoms with Gasteiger partial charge >= 0.3 is 0 Å². The van der Waals surface area contributed by atoms with Crippen molar-refractivity contribution in [3.05, 3.63) is 34.6 Å². The average molecular weight is 288 g/mol. The van der Waals surface area contributed by atoms with E-state index in [0.29, 0.717) is 19.6 Å². The predicted molar refractivity (Wildman–Crippen MR) is 74.1 cm³/mol. The van der Waals surface area contributed by atoms with E-state index in [0.717, 1.165) is 0 Å². The molecule has 0 saturated heterocycles. The molecule has 0 atom stereocenters. The molecule has 1 rings (SSSR count). The first-order valence-corrected chi connectivity index (χ1v) is 6.62. The highest BCUT2D eigenvalue weighted by atomic mass is 35.5. The lowest BCUT2D eigenvalue weighted by Gasteiger charge is -2.18. The molecule has 0 saturated carbocycles. The van der Waals surface area contributed by atoms with Gasteiger partial charge in [0.15, 0.2) is 0 Å². The van der Waals surface area contributed by atoms with Gasteiger partial charge in [-0.3, -0.25) is 4.79 Å². The third kappa shape index (κ3) is 4.80. The van der Waals surface area contributed by atoms with Gasteiger partial charge in [0.2, 0.25) is 0 Å². The van der Waals surface area contributed by atoms with E-state index >= 15 is 0 Å². The minimum atomic E-state index is -0.595. The SMILES string of the molecule is CC(C)OCCCN(C)C(=O)c1c(F)cccc1Cl. The maximum absolute atomic E-state index is 13.6. The zero-order valence-electron chi connectivity index (χ0n) is 11.5. The lowest BCUT2D eigenvalue weighted by Crippen LogP contribution is -2.29. The predicted octanol–water partition coefficient (Wildman–Crippen LogP) is 3.37. The Hall–Kier alpha value is -1.13. The number of carbonyl (C=O) groups is 1. The highest BCUT2D eigenvalue weighted by Gasteiger charge is 2.19. The second-order valence-electron chi connectivity index (χ2n) is 4.60. The summed E-state index contributed by atoms with van der Waals surface area (Å²) in [5.74, 6) is -1.00. The van der Waals surface area contributed by atoms with Crippen LogP contribution in [0.5, 0.6) is 0 Å². The van der Waals surface area contributed by atoms with Gasteiger partial charge in [0.25, 0.3) is 5.91 Å². The quantitative estimate of drug-likeness (QED) is 0.751. The highest BCUT2D eigenvalue weighted by Crippen LogP contribution is 2.20. The summed E-state index contributed by atoms with van der Waals surface area (Å²) >= 11 is 5.86. The fraction of sp³-hybridized carbons (Fsp3) is 0.500. The van der Waals surface area contributed by atoms with Crippen molar-refractivity contribution in [3.63, 3.8) is 0 Å². The Bertz CT molecular complexity index is 417. The van der Waals surface area contributed by atoms with Crippen molar-refractivity contribution in [2.45, 2.75) is 26.4 Å². The van der Waals surface area contributed by atoms with E-state index in [1.54, 1.807) is 7.05 Å². The summed E-state index contributed by atoms with van der Waals surface area (Å²) in [6.45, 7) is 4.97. The molecule has 5 heteroatoms. The number of amides is 1. The zero-order valence-corrected chi connectivity index (χ0v) is 12.2. The molecule has 0 aromatic heterocycles. The number of benzene rings is 1. The number of hydrogen-bond donors (Lipinski definition) is 0. The minimum Gasteiger partial charge on any atom is -0.379 e. The largest absolute Gasteiger partial charge is 0.379 e. The van der Waals surface area contributed by atoms with Gasteiger partial charge in [0, 0.05) is 20.2 Å². The monoisotopic (exact) mass is 287 g/mol. The molecular formula is C14H19ClFNO2. The van der Waals surface area contributed by atoms with Crippen LogP contribution in [0.4, 0.5) is 4.39 Å². The molecule has 0 bridgehead atoms. The second kappa shape index (κ2) is 7.46. The maximum Gasteiger partial charge on any atom is 0.258 e. The molecule has 0 aliphatic heterocycles. The van der Waals surface area contributed by atoms with Crippen LogP contribution < -0.4 is 0 Å². The van der Waals surface area contributed by atoms with E-state index in [1.807, 2.05) is 13.8 Å². The standard InChI is InChI=1S/C14H19ClFNO2/c1-10(2)19-9-5-8-17(3)14(18)13-11(15)6-4-7-12(13)16/h4,6-7,10H,5,8-9H2,1-3H3. The van der Waals surface area contributed by atoms with E-state index in [-0.39, 0.29) is 16.7 Å². The van der Waals surface area contributed by atoms with Gasteiger partial charge in [-0.2, -0.15) is 0 Å². The Morgan fingerprint density at radius 3 is 2.74 bits per heavy atom. The van der Waals surface area contributed by atoms with Crippen LogP contribution in [-0.4, -0.2) is 37.1 Å². The van der Waals surface area contributed by atoms with Crippen molar-refractivity contribution in [1.82, 2.24) is 4.90 Å². The van der Waals surface area contributed by atoms with Gasteiger partial charge in [-0.25, -0.2) is 4.39 Å². The lowest BCUT2D eigenvalue weighted by molar-refractivity contribution is 0.0648. The Labute approximate surface area is 118 Å². The lowest BCUT2D eigenvalue weighted by atomic mass is 10.2. The van der Waals surface area contributed by atoms with Crippen molar-refractivity contribution in [2.75, 3.05) is 20.2 Å².